The molecule has 1 aromatic heterocycles. The molecule has 72 valence electrons. The third-order valence-electron chi connectivity index (χ3n) is 1.91. The molecule has 0 fully saturated rings. The number of aromatic nitrogens is 1. The molecule has 0 amide bonds. The van der Waals surface area contributed by atoms with Gasteiger partial charge in [0.1, 0.15) is 0 Å². The first-order valence-corrected chi connectivity index (χ1v) is 5.22. The van der Waals surface area contributed by atoms with E-state index in [2.05, 4.69) is 10.3 Å². The third kappa shape index (κ3) is 1.92. The molecular weight excluding hydrogens is 194 g/mol. The lowest BCUT2D eigenvalue weighted by Gasteiger charge is -2.07. The lowest BCUT2D eigenvalue weighted by Crippen LogP contribution is -2.01. The van der Waals surface area contributed by atoms with E-state index in [1.165, 1.54) is 0 Å². The standard InChI is InChI=1S/C10H11N3S/c11-7-8-3-1-2-4-9(8)13-10-12-5-6-14-10/h1-6H,7,11H2,(H,12,13). The van der Waals surface area contributed by atoms with Crippen molar-refractivity contribution in [3.63, 3.8) is 0 Å². The number of benzene rings is 1. The summed E-state index contributed by atoms with van der Waals surface area (Å²) in [5.41, 5.74) is 7.75. The van der Waals surface area contributed by atoms with Gasteiger partial charge in [0.15, 0.2) is 5.13 Å². The molecule has 0 aliphatic carbocycles. The van der Waals surface area contributed by atoms with Crippen molar-refractivity contribution in [1.29, 1.82) is 0 Å². The molecule has 0 saturated carbocycles. The first kappa shape index (κ1) is 9.18. The van der Waals surface area contributed by atoms with Gasteiger partial charge >= 0.3 is 0 Å². The van der Waals surface area contributed by atoms with E-state index in [1.54, 1.807) is 17.5 Å². The smallest absolute Gasteiger partial charge is 0.187 e. The highest BCUT2D eigenvalue weighted by Crippen LogP contribution is 2.21. The normalized spacial score (nSPS) is 10.1. The molecule has 0 aliphatic heterocycles. The summed E-state index contributed by atoms with van der Waals surface area (Å²) in [5, 5.41) is 6.06. The monoisotopic (exact) mass is 205 g/mol. The highest BCUT2D eigenvalue weighted by Gasteiger charge is 2.00. The van der Waals surface area contributed by atoms with Crippen LogP contribution in [0.2, 0.25) is 0 Å². The molecule has 0 unspecified atom stereocenters. The van der Waals surface area contributed by atoms with Crippen LogP contribution in [0.15, 0.2) is 35.8 Å². The Balaban J connectivity index is 2.24. The van der Waals surface area contributed by atoms with E-state index in [0.29, 0.717) is 6.54 Å². The lowest BCUT2D eigenvalue weighted by molar-refractivity contribution is 1.07. The van der Waals surface area contributed by atoms with Gasteiger partial charge in [0.25, 0.3) is 0 Å². The number of para-hydroxylation sites is 1. The van der Waals surface area contributed by atoms with Crippen LogP contribution < -0.4 is 11.1 Å². The van der Waals surface area contributed by atoms with Gasteiger partial charge in [0.05, 0.1) is 0 Å². The lowest BCUT2D eigenvalue weighted by atomic mass is 10.2. The molecule has 2 rings (SSSR count). The second-order valence-electron chi connectivity index (χ2n) is 2.82. The minimum absolute atomic E-state index is 0.536. The van der Waals surface area contributed by atoms with Crippen molar-refractivity contribution in [1.82, 2.24) is 4.98 Å². The molecule has 0 radical (unpaired) electrons. The molecule has 4 heteroatoms. The van der Waals surface area contributed by atoms with Crippen LogP contribution in [0.25, 0.3) is 0 Å². The van der Waals surface area contributed by atoms with Gasteiger partial charge in [-0.2, -0.15) is 0 Å². The van der Waals surface area contributed by atoms with Crippen molar-refractivity contribution in [3.8, 4) is 0 Å². The minimum atomic E-state index is 0.536. The maximum Gasteiger partial charge on any atom is 0.187 e. The molecule has 0 spiro atoms. The Morgan fingerprint density at radius 3 is 2.93 bits per heavy atom. The number of nitrogens with zero attached hydrogens (tertiary/aromatic N) is 1. The first-order chi connectivity index (χ1) is 6.90. The fourth-order valence-electron chi connectivity index (χ4n) is 1.22. The topological polar surface area (TPSA) is 50.9 Å². The van der Waals surface area contributed by atoms with Crippen molar-refractivity contribution in [2.45, 2.75) is 6.54 Å². The Morgan fingerprint density at radius 1 is 1.36 bits per heavy atom. The Hall–Kier alpha value is -1.39. The van der Waals surface area contributed by atoms with Crippen LogP contribution in [0.5, 0.6) is 0 Å². The Bertz CT molecular complexity index is 398. The average molecular weight is 205 g/mol. The highest BCUT2D eigenvalue weighted by molar-refractivity contribution is 7.13. The number of nitrogens with two attached hydrogens (primary N) is 1. The number of rotatable bonds is 3. The average Bonchev–Trinajstić information content (AvgIpc) is 2.71. The number of anilines is 2. The fraction of sp³-hybridized carbons (Fsp3) is 0.100. The first-order valence-electron chi connectivity index (χ1n) is 4.34. The molecule has 2 aromatic rings. The molecule has 1 aromatic carbocycles. The summed E-state index contributed by atoms with van der Waals surface area (Å²) in [7, 11) is 0. The second-order valence-corrected chi connectivity index (χ2v) is 3.72. The molecule has 0 saturated heterocycles. The van der Waals surface area contributed by atoms with Crippen molar-refractivity contribution in [3.05, 3.63) is 41.4 Å². The maximum absolute atomic E-state index is 5.62. The SMILES string of the molecule is NCc1ccccc1Nc1nccs1. The molecule has 1 heterocycles. The quantitative estimate of drug-likeness (QED) is 0.808. The Kier molecular flexibility index (Phi) is 2.76. The van der Waals surface area contributed by atoms with Gasteiger partial charge in [-0.25, -0.2) is 4.98 Å². The maximum atomic E-state index is 5.62. The van der Waals surface area contributed by atoms with E-state index in [1.807, 2.05) is 29.6 Å². The Labute approximate surface area is 86.6 Å². The zero-order valence-electron chi connectivity index (χ0n) is 7.60. The second kappa shape index (κ2) is 4.21. The number of thiazole rings is 1. The molecule has 0 aliphatic rings. The number of hydrogen-bond donors (Lipinski definition) is 2. The summed E-state index contributed by atoms with van der Waals surface area (Å²) in [6.45, 7) is 0.536. The summed E-state index contributed by atoms with van der Waals surface area (Å²) < 4.78 is 0. The minimum Gasteiger partial charge on any atom is -0.331 e. The largest absolute Gasteiger partial charge is 0.331 e. The number of nitrogens with one attached hydrogen (secondary N) is 1. The van der Waals surface area contributed by atoms with Crippen LogP contribution >= 0.6 is 11.3 Å². The summed E-state index contributed by atoms with van der Waals surface area (Å²) in [6.07, 6.45) is 1.78. The zero-order chi connectivity index (χ0) is 9.80. The summed E-state index contributed by atoms with van der Waals surface area (Å²) >= 11 is 1.57. The van der Waals surface area contributed by atoms with Crippen LogP contribution in [0.4, 0.5) is 10.8 Å². The van der Waals surface area contributed by atoms with Crippen molar-refractivity contribution >= 4 is 22.2 Å². The van der Waals surface area contributed by atoms with E-state index in [4.69, 9.17) is 5.73 Å². The van der Waals surface area contributed by atoms with Crippen LogP contribution in [0.3, 0.4) is 0 Å². The van der Waals surface area contributed by atoms with Gasteiger partial charge in [-0.1, -0.05) is 18.2 Å². The molecular formula is C10H11N3S. The summed E-state index contributed by atoms with van der Waals surface area (Å²) in [4.78, 5) is 4.15. The fourth-order valence-corrected chi connectivity index (χ4v) is 1.76. The van der Waals surface area contributed by atoms with E-state index in [-0.39, 0.29) is 0 Å². The van der Waals surface area contributed by atoms with E-state index < -0.39 is 0 Å². The predicted octanol–water partition coefficient (Wildman–Crippen LogP) is 2.35. The van der Waals surface area contributed by atoms with Crippen LogP contribution in [-0.2, 0) is 6.54 Å². The molecule has 3 nitrogen and oxygen atoms in total. The van der Waals surface area contributed by atoms with Crippen LogP contribution in [0.1, 0.15) is 5.56 Å². The van der Waals surface area contributed by atoms with Crippen molar-refractivity contribution in [2.75, 3.05) is 5.32 Å². The Morgan fingerprint density at radius 2 is 2.21 bits per heavy atom. The van der Waals surface area contributed by atoms with Gasteiger partial charge in [-0.15, -0.1) is 11.3 Å². The zero-order valence-corrected chi connectivity index (χ0v) is 8.42. The van der Waals surface area contributed by atoms with Gasteiger partial charge in [-0.05, 0) is 11.6 Å². The van der Waals surface area contributed by atoms with Gasteiger partial charge in [0, 0.05) is 23.8 Å². The molecule has 14 heavy (non-hydrogen) atoms. The van der Waals surface area contributed by atoms with E-state index in [9.17, 15) is 0 Å². The summed E-state index contributed by atoms with van der Waals surface area (Å²) in [6, 6.07) is 7.98. The highest BCUT2D eigenvalue weighted by atomic mass is 32.1. The third-order valence-corrected chi connectivity index (χ3v) is 2.60. The predicted molar refractivity (Wildman–Crippen MR) is 59.7 cm³/mol. The van der Waals surface area contributed by atoms with Crippen LogP contribution in [-0.4, -0.2) is 4.98 Å². The van der Waals surface area contributed by atoms with Gasteiger partial charge in [-0.3, -0.25) is 0 Å². The molecule has 0 atom stereocenters. The summed E-state index contributed by atoms with van der Waals surface area (Å²) in [5.74, 6) is 0. The van der Waals surface area contributed by atoms with Crippen molar-refractivity contribution in [2.24, 2.45) is 5.73 Å². The van der Waals surface area contributed by atoms with Gasteiger partial charge < -0.3 is 11.1 Å². The van der Waals surface area contributed by atoms with E-state index in [0.717, 1.165) is 16.4 Å². The van der Waals surface area contributed by atoms with E-state index >= 15 is 0 Å². The van der Waals surface area contributed by atoms with Gasteiger partial charge in [0.2, 0.25) is 0 Å². The number of hydrogen-bond acceptors (Lipinski definition) is 4. The van der Waals surface area contributed by atoms with Crippen LogP contribution in [0, 0.1) is 0 Å². The molecule has 0 bridgehead atoms. The molecule has 3 N–H and O–H groups in total. The van der Waals surface area contributed by atoms with Crippen molar-refractivity contribution < 1.29 is 0 Å².